The molecular formula is C19H16N2O3. The lowest BCUT2D eigenvalue weighted by Gasteiger charge is -2.20. The molecule has 1 aromatic heterocycles. The van der Waals surface area contributed by atoms with Crippen LogP contribution in [0.1, 0.15) is 16.1 Å². The van der Waals surface area contributed by atoms with E-state index in [-0.39, 0.29) is 5.91 Å². The third-order valence-electron chi connectivity index (χ3n) is 3.92. The van der Waals surface area contributed by atoms with Crippen LogP contribution in [0.5, 0.6) is 11.5 Å². The number of nitrogens with zero attached hydrogens (tertiary/aromatic N) is 1. The predicted octanol–water partition coefficient (Wildman–Crippen LogP) is 3.57. The Kier molecular flexibility index (Phi) is 3.54. The normalized spacial score (nSPS) is 12.9. The quantitative estimate of drug-likeness (QED) is 0.784. The molecule has 0 atom stereocenters. The molecule has 0 fully saturated rings. The number of nitrogens with one attached hydrogen (secondary N) is 1. The third-order valence-corrected chi connectivity index (χ3v) is 3.92. The molecule has 0 spiro atoms. The molecule has 1 N–H and O–H groups in total. The molecule has 0 radical (unpaired) electrons. The molecule has 0 saturated heterocycles. The van der Waals surface area contributed by atoms with Gasteiger partial charge in [0, 0.05) is 11.1 Å². The summed E-state index contributed by atoms with van der Waals surface area (Å²) in [7, 11) is 0. The van der Waals surface area contributed by atoms with E-state index >= 15 is 0 Å². The van der Waals surface area contributed by atoms with Gasteiger partial charge in [0.05, 0.1) is 16.8 Å². The first kappa shape index (κ1) is 14.5. The van der Waals surface area contributed by atoms with E-state index in [4.69, 9.17) is 9.47 Å². The number of hydrogen-bond acceptors (Lipinski definition) is 4. The van der Waals surface area contributed by atoms with Crippen molar-refractivity contribution in [1.82, 2.24) is 4.98 Å². The summed E-state index contributed by atoms with van der Waals surface area (Å²) in [6, 6.07) is 15.0. The van der Waals surface area contributed by atoms with E-state index in [0.29, 0.717) is 36.0 Å². The summed E-state index contributed by atoms with van der Waals surface area (Å²) in [4.78, 5) is 17.3. The number of anilines is 1. The number of amides is 1. The number of pyridine rings is 1. The largest absolute Gasteiger partial charge is 0.486 e. The SMILES string of the molecule is Cc1ccc2cccc(NC(=O)c3cccc4c3OCCO4)c2n1. The number of fused-ring (bicyclic) bond motifs is 2. The molecule has 1 aliphatic rings. The first-order chi connectivity index (χ1) is 11.7. The standard InChI is InChI=1S/C19H16N2O3/c1-12-8-9-13-4-2-6-15(17(13)20-12)21-19(22)14-5-3-7-16-18(14)24-11-10-23-16/h2-9H,10-11H2,1H3,(H,21,22). The maximum absolute atomic E-state index is 12.7. The average Bonchev–Trinajstić information content (AvgIpc) is 2.61. The van der Waals surface area contributed by atoms with Gasteiger partial charge in [-0.15, -0.1) is 0 Å². The summed E-state index contributed by atoms with van der Waals surface area (Å²) < 4.78 is 11.2. The lowest BCUT2D eigenvalue weighted by molar-refractivity contribution is 0.101. The van der Waals surface area contributed by atoms with Crippen molar-refractivity contribution in [2.75, 3.05) is 18.5 Å². The minimum absolute atomic E-state index is 0.242. The summed E-state index contributed by atoms with van der Waals surface area (Å²) in [6.45, 7) is 2.85. The Bertz CT molecular complexity index is 937. The van der Waals surface area contributed by atoms with Crippen molar-refractivity contribution in [3.8, 4) is 11.5 Å². The number of benzene rings is 2. The van der Waals surface area contributed by atoms with Crippen LogP contribution in [0.4, 0.5) is 5.69 Å². The molecule has 24 heavy (non-hydrogen) atoms. The molecule has 0 unspecified atom stereocenters. The van der Waals surface area contributed by atoms with E-state index in [9.17, 15) is 4.79 Å². The minimum Gasteiger partial charge on any atom is -0.486 e. The second-order valence-corrected chi connectivity index (χ2v) is 5.61. The number of aryl methyl sites for hydroxylation is 1. The smallest absolute Gasteiger partial charge is 0.259 e. The van der Waals surface area contributed by atoms with Crippen LogP contribution in [0.25, 0.3) is 10.9 Å². The fourth-order valence-corrected chi connectivity index (χ4v) is 2.79. The molecule has 1 amide bonds. The molecule has 1 aliphatic heterocycles. The van der Waals surface area contributed by atoms with Crippen molar-refractivity contribution >= 4 is 22.5 Å². The van der Waals surface area contributed by atoms with Crippen LogP contribution >= 0.6 is 0 Å². The van der Waals surface area contributed by atoms with E-state index in [1.54, 1.807) is 18.2 Å². The minimum atomic E-state index is -0.242. The van der Waals surface area contributed by atoms with Gasteiger partial charge < -0.3 is 14.8 Å². The molecule has 0 saturated carbocycles. The van der Waals surface area contributed by atoms with Gasteiger partial charge in [0.15, 0.2) is 11.5 Å². The van der Waals surface area contributed by atoms with Crippen molar-refractivity contribution in [1.29, 1.82) is 0 Å². The van der Waals surface area contributed by atoms with Crippen molar-refractivity contribution < 1.29 is 14.3 Å². The molecule has 2 aromatic carbocycles. The Morgan fingerprint density at radius 1 is 1.04 bits per heavy atom. The second-order valence-electron chi connectivity index (χ2n) is 5.61. The van der Waals surface area contributed by atoms with Crippen LogP contribution in [-0.2, 0) is 0 Å². The van der Waals surface area contributed by atoms with E-state index in [1.807, 2.05) is 37.3 Å². The molecule has 5 heteroatoms. The van der Waals surface area contributed by atoms with Gasteiger partial charge in [-0.05, 0) is 31.2 Å². The lowest BCUT2D eigenvalue weighted by atomic mass is 10.1. The summed E-state index contributed by atoms with van der Waals surface area (Å²) in [5, 5.41) is 3.92. The van der Waals surface area contributed by atoms with Gasteiger partial charge in [0.1, 0.15) is 13.2 Å². The maximum Gasteiger partial charge on any atom is 0.259 e. The Hall–Kier alpha value is -3.08. The fourth-order valence-electron chi connectivity index (χ4n) is 2.79. The van der Waals surface area contributed by atoms with Gasteiger partial charge in [0.2, 0.25) is 0 Å². The zero-order valence-electron chi connectivity index (χ0n) is 13.2. The zero-order valence-corrected chi connectivity index (χ0v) is 13.2. The molecule has 2 heterocycles. The van der Waals surface area contributed by atoms with Crippen molar-refractivity contribution in [3.63, 3.8) is 0 Å². The van der Waals surface area contributed by atoms with Crippen molar-refractivity contribution in [2.45, 2.75) is 6.92 Å². The van der Waals surface area contributed by atoms with Gasteiger partial charge in [-0.1, -0.05) is 24.3 Å². The number of hydrogen-bond donors (Lipinski definition) is 1. The Labute approximate surface area is 139 Å². The van der Waals surface area contributed by atoms with E-state index in [0.717, 1.165) is 16.6 Å². The van der Waals surface area contributed by atoms with Crippen LogP contribution in [0.15, 0.2) is 48.5 Å². The first-order valence-corrected chi connectivity index (χ1v) is 7.79. The summed E-state index contributed by atoms with van der Waals surface area (Å²) in [5.74, 6) is 0.847. The lowest BCUT2D eigenvalue weighted by Crippen LogP contribution is -2.20. The number of rotatable bonds is 2. The number of aromatic nitrogens is 1. The fraction of sp³-hybridized carbons (Fsp3) is 0.158. The molecular weight excluding hydrogens is 304 g/mol. The first-order valence-electron chi connectivity index (χ1n) is 7.79. The Morgan fingerprint density at radius 2 is 1.88 bits per heavy atom. The van der Waals surface area contributed by atoms with Crippen LogP contribution in [0.3, 0.4) is 0 Å². The maximum atomic E-state index is 12.7. The highest BCUT2D eigenvalue weighted by atomic mass is 16.6. The summed E-state index contributed by atoms with van der Waals surface area (Å²) in [5.41, 5.74) is 2.80. The van der Waals surface area contributed by atoms with E-state index < -0.39 is 0 Å². The highest BCUT2D eigenvalue weighted by Crippen LogP contribution is 2.34. The Morgan fingerprint density at radius 3 is 2.79 bits per heavy atom. The topological polar surface area (TPSA) is 60.5 Å². The second kappa shape index (κ2) is 5.85. The number of para-hydroxylation sites is 2. The van der Waals surface area contributed by atoms with E-state index in [1.165, 1.54) is 0 Å². The monoisotopic (exact) mass is 320 g/mol. The summed E-state index contributed by atoms with van der Waals surface area (Å²) in [6.07, 6.45) is 0. The van der Waals surface area contributed by atoms with Crippen LogP contribution < -0.4 is 14.8 Å². The van der Waals surface area contributed by atoms with Crippen LogP contribution in [0.2, 0.25) is 0 Å². The molecule has 0 aliphatic carbocycles. The van der Waals surface area contributed by atoms with Gasteiger partial charge in [0.25, 0.3) is 5.91 Å². The zero-order chi connectivity index (χ0) is 16.5. The number of carbonyl (C=O) groups excluding carboxylic acids is 1. The van der Waals surface area contributed by atoms with Crippen LogP contribution in [0, 0.1) is 6.92 Å². The van der Waals surface area contributed by atoms with Crippen molar-refractivity contribution in [3.05, 3.63) is 59.8 Å². The van der Waals surface area contributed by atoms with E-state index in [2.05, 4.69) is 10.3 Å². The molecule has 120 valence electrons. The third kappa shape index (κ3) is 2.54. The summed E-state index contributed by atoms with van der Waals surface area (Å²) >= 11 is 0. The molecule has 0 bridgehead atoms. The molecule has 3 aromatic rings. The number of ether oxygens (including phenoxy) is 2. The average molecular weight is 320 g/mol. The van der Waals surface area contributed by atoms with Gasteiger partial charge >= 0.3 is 0 Å². The van der Waals surface area contributed by atoms with Gasteiger partial charge in [-0.2, -0.15) is 0 Å². The van der Waals surface area contributed by atoms with Crippen LogP contribution in [-0.4, -0.2) is 24.1 Å². The Balaban J connectivity index is 1.72. The predicted molar refractivity (Wildman–Crippen MR) is 91.9 cm³/mol. The number of carbonyl (C=O) groups is 1. The van der Waals surface area contributed by atoms with Gasteiger partial charge in [-0.25, -0.2) is 0 Å². The molecule has 5 nitrogen and oxygen atoms in total. The highest BCUT2D eigenvalue weighted by molar-refractivity contribution is 6.10. The van der Waals surface area contributed by atoms with Crippen molar-refractivity contribution in [2.24, 2.45) is 0 Å². The highest BCUT2D eigenvalue weighted by Gasteiger charge is 2.20. The molecule has 4 rings (SSSR count). The van der Waals surface area contributed by atoms with Gasteiger partial charge in [-0.3, -0.25) is 9.78 Å².